The highest BCUT2D eigenvalue weighted by Gasteiger charge is 2.08. The zero-order valence-electron chi connectivity index (χ0n) is 10.6. The average Bonchev–Trinajstić information content (AvgIpc) is 2.93. The van der Waals surface area contributed by atoms with Crippen LogP contribution in [0.4, 0.5) is 0 Å². The quantitative estimate of drug-likeness (QED) is 0.780. The molecule has 0 fully saturated rings. The van der Waals surface area contributed by atoms with Gasteiger partial charge in [0, 0.05) is 18.0 Å². The van der Waals surface area contributed by atoms with Crippen molar-refractivity contribution in [2.45, 2.75) is 12.8 Å². The third-order valence-electron chi connectivity index (χ3n) is 2.99. The van der Waals surface area contributed by atoms with Gasteiger partial charge in [-0.2, -0.15) is 0 Å². The van der Waals surface area contributed by atoms with Crippen molar-refractivity contribution in [3.05, 3.63) is 48.4 Å². The highest BCUT2D eigenvalue weighted by molar-refractivity contribution is 5.86. The minimum absolute atomic E-state index is 0.0481. The summed E-state index contributed by atoms with van der Waals surface area (Å²) < 4.78 is 1.63. The Morgan fingerprint density at radius 3 is 2.95 bits per heavy atom. The van der Waals surface area contributed by atoms with Crippen LogP contribution >= 0.6 is 0 Å². The lowest BCUT2D eigenvalue weighted by atomic mass is 10.2. The largest absolute Gasteiger partial charge is 0.481 e. The van der Waals surface area contributed by atoms with Gasteiger partial charge in [-0.05, 0) is 12.1 Å². The third kappa shape index (κ3) is 2.35. The number of hydrogen-bond acceptors (Lipinski definition) is 4. The van der Waals surface area contributed by atoms with E-state index in [0.29, 0.717) is 12.1 Å². The van der Waals surface area contributed by atoms with Gasteiger partial charge >= 0.3 is 5.97 Å². The van der Waals surface area contributed by atoms with E-state index in [9.17, 15) is 4.79 Å². The second-order valence-electron chi connectivity index (χ2n) is 4.40. The molecule has 0 saturated heterocycles. The minimum atomic E-state index is -0.841. The van der Waals surface area contributed by atoms with Crippen LogP contribution in [0.15, 0.2) is 42.7 Å². The standard InChI is InChI=1S/C14H12N4O2/c19-13(20)7-6-11-9-18(17-16-11)12-5-1-3-10-4-2-8-15-14(10)12/h1-5,8-9H,6-7H2,(H,19,20). The van der Waals surface area contributed by atoms with Crippen LogP contribution < -0.4 is 0 Å². The summed E-state index contributed by atoms with van der Waals surface area (Å²) in [5.41, 5.74) is 2.32. The van der Waals surface area contributed by atoms with E-state index in [1.165, 1.54) is 0 Å². The smallest absolute Gasteiger partial charge is 0.303 e. The van der Waals surface area contributed by atoms with Gasteiger partial charge in [-0.1, -0.05) is 23.4 Å². The highest BCUT2D eigenvalue weighted by atomic mass is 16.4. The van der Waals surface area contributed by atoms with E-state index >= 15 is 0 Å². The average molecular weight is 268 g/mol. The molecule has 0 aliphatic heterocycles. The predicted octanol–water partition coefficient (Wildman–Crippen LogP) is 1.83. The number of para-hydroxylation sites is 1. The number of nitrogens with zero attached hydrogens (tertiary/aromatic N) is 4. The molecule has 0 bridgehead atoms. The zero-order chi connectivity index (χ0) is 13.9. The minimum Gasteiger partial charge on any atom is -0.481 e. The van der Waals surface area contributed by atoms with Gasteiger partial charge in [-0.25, -0.2) is 4.68 Å². The van der Waals surface area contributed by atoms with Gasteiger partial charge in [0.1, 0.15) is 0 Å². The Morgan fingerprint density at radius 1 is 1.25 bits per heavy atom. The maximum absolute atomic E-state index is 10.6. The molecule has 0 unspecified atom stereocenters. The number of hydrogen-bond donors (Lipinski definition) is 1. The molecule has 0 aliphatic rings. The number of rotatable bonds is 4. The first-order chi connectivity index (χ1) is 9.74. The van der Waals surface area contributed by atoms with Crippen LogP contribution in [0.5, 0.6) is 0 Å². The van der Waals surface area contributed by atoms with Crippen molar-refractivity contribution in [3.63, 3.8) is 0 Å². The van der Waals surface area contributed by atoms with Gasteiger partial charge in [-0.15, -0.1) is 5.10 Å². The molecule has 2 aromatic heterocycles. The summed E-state index contributed by atoms with van der Waals surface area (Å²) in [7, 11) is 0. The normalized spacial score (nSPS) is 10.8. The van der Waals surface area contributed by atoms with E-state index in [0.717, 1.165) is 16.6 Å². The van der Waals surface area contributed by atoms with E-state index in [4.69, 9.17) is 5.11 Å². The molecule has 6 heteroatoms. The first-order valence-electron chi connectivity index (χ1n) is 6.21. The molecular weight excluding hydrogens is 256 g/mol. The van der Waals surface area contributed by atoms with E-state index in [1.807, 2.05) is 30.3 Å². The van der Waals surface area contributed by atoms with Crippen molar-refractivity contribution in [1.82, 2.24) is 20.0 Å². The molecule has 1 aromatic carbocycles. The Bertz CT molecular complexity index is 761. The van der Waals surface area contributed by atoms with Crippen molar-refractivity contribution in [2.75, 3.05) is 0 Å². The number of carboxylic acids is 1. The van der Waals surface area contributed by atoms with Gasteiger partial charge < -0.3 is 5.11 Å². The Labute approximate surface area is 114 Å². The fraction of sp³-hybridized carbons (Fsp3) is 0.143. The SMILES string of the molecule is O=C(O)CCc1cn(-c2cccc3cccnc23)nn1. The van der Waals surface area contributed by atoms with Crippen molar-refractivity contribution in [3.8, 4) is 5.69 Å². The highest BCUT2D eigenvalue weighted by Crippen LogP contribution is 2.19. The second kappa shape index (κ2) is 5.08. The van der Waals surface area contributed by atoms with E-state index in [2.05, 4.69) is 15.3 Å². The maximum atomic E-state index is 10.6. The maximum Gasteiger partial charge on any atom is 0.303 e. The molecule has 0 amide bonds. The van der Waals surface area contributed by atoms with Crippen LogP contribution in [-0.4, -0.2) is 31.1 Å². The molecule has 1 N–H and O–H groups in total. The van der Waals surface area contributed by atoms with Crippen LogP contribution in [0.2, 0.25) is 0 Å². The van der Waals surface area contributed by atoms with Crippen LogP contribution in [0.25, 0.3) is 16.6 Å². The molecular formula is C14H12N4O2. The number of carboxylic acid groups (broad SMARTS) is 1. The summed E-state index contributed by atoms with van der Waals surface area (Å²) in [6, 6.07) is 9.68. The molecule has 2 heterocycles. The van der Waals surface area contributed by atoms with Gasteiger partial charge in [0.2, 0.25) is 0 Å². The molecule has 0 radical (unpaired) electrons. The summed E-state index contributed by atoms with van der Waals surface area (Å²) >= 11 is 0. The molecule has 3 rings (SSSR count). The molecule has 0 atom stereocenters. The van der Waals surface area contributed by atoms with Crippen molar-refractivity contribution < 1.29 is 9.90 Å². The number of aromatic nitrogens is 4. The summed E-state index contributed by atoms with van der Waals surface area (Å²) in [6.45, 7) is 0. The fourth-order valence-electron chi connectivity index (χ4n) is 2.04. The fourth-order valence-corrected chi connectivity index (χ4v) is 2.04. The first-order valence-corrected chi connectivity index (χ1v) is 6.21. The number of benzene rings is 1. The molecule has 0 aliphatic carbocycles. The van der Waals surface area contributed by atoms with E-state index in [1.54, 1.807) is 17.1 Å². The summed E-state index contributed by atoms with van der Waals surface area (Å²) in [5.74, 6) is -0.841. The second-order valence-corrected chi connectivity index (χ2v) is 4.40. The van der Waals surface area contributed by atoms with Crippen LogP contribution in [0.3, 0.4) is 0 Å². The number of carbonyl (C=O) groups is 1. The Hall–Kier alpha value is -2.76. The zero-order valence-corrected chi connectivity index (χ0v) is 10.6. The topological polar surface area (TPSA) is 80.9 Å². The number of aryl methyl sites for hydroxylation is 1. The lowest BCUT2D eigenvalue weighted by Gasteiger charge is -2.03. The Kier molecular flexibility index (Phi) is 3.12. The number of pyridine rings is 1. The lowest BCUT2D eigenvalue weighted by Crippen LogP contribution is -1.98. The van der Waals surface area contributed by atoms with E-state index in [-0.39, 0.29) is 6.42 Å². The molecule has 100 valence electrons. The van der Waals surface area contributed by atoms with Gasteiger partial charge in [0.05, 0.1) is 29.5 Å². The third-order valence-corrected chi connectivity index (χ3v) is 2.99. The molecule has 6 nitrogen and oxygen atoms in total. The van der Waals surface area contributed by atoms with Crippen molar-refractivity contribution >= 4 is 16.9 Å². The van der Waals surface area contributed by atoms with Crippen LogP contribution in [0, 0.1) is 0 Å². The summed E-state index contributed by atoms with van der Waals surface area (Å²) in [4.78, 5) is 14.9. The molecule has 0 saturated carbocycles. The summed E-state index contributed by atoms with van der Waals surface area (Å²) in [5, 5.41) is 17.7. The van der Waals surface area contributed by atoms with E-state index < -0.39 is 5.97 Å². The van der Waals surface area contributed by atoms with Crippen LogP contribution in [-0.2, 0) is 11.2 Å². The Balaban J connectivity index is 1.97. The van der Waals surface area contributed by atoms with Gasteiger partial charge in [0.25, 0.3) is 0 Å². The first kappa shape index (κ1) is 12.3. The van der Waals surface area contributed by atoms with Gasteiger partial charge in [0.15, 0.2) is 0 Å². The molecule has 3 aromatic rings. The predicted molar refractivity (Wildman–Crippen MR) is 72.6 cm³/mol. The van der Waals surface area contributed by atoms with Crippen molar-refractivity contribution in [1.29, 1.82) is 0 Å². The summed E-state index contributed by atoms with van der Waals surface area (Å²) in [6.07, 6.45) is 3.89. The lowest BCUT2D eigenvalue weighted by molar-refractivity contribution is -0.136. The van der Waals surface area contributed by atoms with Crippen LogP contribution in [0.1, 0.15) is 12.1 Å². The molecule has 0 spiro atoms. The number of aliphatic carboxylic acids is 1. The monoisotopic (exact) mass is 268 g/mol. The van der Waals surface area contributed by atoms with Crippen molar-refractivity contribution in [2.24, 2.45) is 0 Å². The van der Waals surface area contributed by atoms with Gasteiger partial charge in [-0.3, -0.25) is 9.78 Å². The Morgan fingerprint density at radius 2 is 2.10 bits per heavy atom. The number of fused-ring (bicyclic) bond motifs is 1. The molecule has 20 heavy (non-hydrogen) atoms.